The molecular formula is C21H18O6. The van der Waals surface area contributed by atoms with E-state index in [1.54, 1.807) is 30.3 Å². The number of hydrogen-bond donors (Lipinski definition) is 0. The van der Waals surface area contributed by atoms with Gasteiger partial charge < -0.3 is 14.2 Å². The Kier molecular flexibility index (Phi) is 3.80. The highest BCUT2D eigenvalue weighted by Crippen LogP contribution is 2.45. The first kappa shape index (κ1) is 17.3. The molecule has 0 spiro atoms. The van der Waals surface area contributed by atoms with E-state index in [9.17, 15) is 14.4 Å². The summed E-state index contributed by atoms with van der Waals surface area (Å²) in [4.78, 5) is 38.5. The summed E-state index contributed by atoms with van der Waals surface area (Å²) in [6.45, 7) is 3.41. The van der Waals surface area contributed by atoms with Crippen LogP contribution in [0.5, 0.6) is 5.75 Å². The number of hydrogen-bond acceptors (Lipinski definition) is 6. The predicted octanol–water partition coefficient (Wildman–Crippen LogP) is 2.69. The van der Waals surface area contributed by atoms with E-state index in [-0.39, 0.29) is 17.5 Å². The molecule has 1 aliphatic carbocycles. The second kappa shape index (κ2) is 5.94. The van der Waals surface area contributed by atoms with Crippen LogP contribution in [0.25, 0.3) is 0 Å². The summed E-state index contributed by atoms with van der Waals surface area (Å²) >= 11 is 0. The predicted molar refractivity (Wildman–Crippen MR) is 95.2 cm³/mol. The molecule has 0 radical (unpaired) electrons. The quantitative estimate of drug-likeness (QED) is 0.465. The maximum atomic E-state index is 13.0. The first-order chi connectivity index (χ1) is 12.8. The highest BCUT2D eigenvalue weighted by molar-refractivity contribution is 6.29. The first-order valence-corrected chi connectivity index (χ1v) is 8.63. The lowest BCUT2D eigenvalue weighted by Crippen LogP contribution is -2.42. The van der Waals surface area contributed by atoms with Gasteiger partial charge in [-0.05, 0) is 49.8 Å². The van der Waals surface area contributed by atoms with Crippen molar-refractivity contribution in [2.24, 2.45) is 0 Å². The zero-order valence-corrected chi connectivity index (χ0v) is 15.2. The van der Waals surface area contributed by atoms with Gasteiger partial charge in [0.25, 0.3) is 0 Å². The number of fused-ring (bicyclic) bond motifs is 2. The molecule has 0 saturated carbocycles. The number of carbonyl (C=O) groups excluding carboxylic acids is 3. The molecule has 2 aliphatic heterocycles. The topological polar surface area (TPSA) is 78.9 Å². The Bertz CT molecular complexity index is 963. The minimum Gasteiger partial charge on any atom is -0.497 e. The van der Waals surface area contributed by atoms with E-state index < -0.39 is 17.4 Å². The standard InChI is InChI=1S/C21H18O6/c1-11-8-13-9-16-17(18(22)12-4-6-14(25-3)7-5-12)20(24)27-21(16,2)19(23)15(13)10-26-11/h4-7,9-11H,8H2,1-3H3. The third-order valence-electron chi connectivity index (χ3n) is 5.13. The fourth-order valence-corrected chi connectivity index (χ4v) is 3.62. The van der Waals surface area contributed by atoms with Gasteiger partial charge >= 0.3 is 5.97 Å². The van der Waals surface area contributed by atoms with Crippen molar-refractivity contribution in [2.75, 3.05) is 7.11 Å². The zero-order valence-electron chi connectivity index (χ0n) is 15.2. The molecular weight excluding hydrogens is 348 g/mol. The number of Topliss-reactive ketones (excluding diaryl/α,β-unsaturated/α-hetero) is 2. The SMILES string of the molecule is COc1ccc(C(=O)C2=C3C=C4CC(C)OC=C4C(=O)C3(C)OC2=O)cc1. The molecule has 0 saturated heterocycles. The molecule has 2 unspecified atom stereocenters. The number of methoxy groups -OCH3 is 1. The summed E-state index contributed by atoms with van der Waals surface area (Å²) in [5, 5.41) is 0. The van der Waals surface area contributed by atoms with E-state index in [0.717, 1.165) is 5.57 Å². The number of rotatable bonds is 3. The number of ketones is 2. The minimum absolute atomic E-state index is 0.0866. The van der Waals surface area contributed by atoms with Crippen LogP contribution in [0.4, 0.5) is 0 Å². The first-order valence-electron chi connectivity index (χ1n) is 8.63. The molecule has 0 bridgehead atoms. The third-order valence-corrected chi connectivity index (χ3v) is 5.13. The van der Waals surface area contributed by atoms with Crippen molar-refractivity contribution in [2.45, 2.75) is 32.0 Å². The number of benzene rings is 1. The number of carbonyl (C=O) groups is 3. The Morgan fingerprint density at radius 1 is 1.22 bits per heavy atom. The van der Waals surface area contributed by atoms with Crippen LogP contribution in [0.15, 0.2) is 58.9 Å². The van der Waals surface area contributed by atoms with Crippen LogP contribution in [-0.4, -0.2) is 36.4 Å². The van der Waals surface area contributed by atoms with Crippen molar-refractivity contribution in [1.82, 2.24) is 0 Å². The maximum absolute atomic E-state index is 13.0. The Morgan fingerprint density at radius 3 is 2.59 bits per heavy atom. The Balaban J connectivity index is 1.84. The van der Waals surface area contributed by atoms with Gasteiger partial charge in [0.15, 0.2) is 5.60 Å². The van der Waals surface area contributed by atoms with Crippen molar-refractivity contribution in [3.8, 4) is 5.75 Å². The average molecular weight is 366 g/mol. The number of esters is 1. The molecule has 3 aliphatic rings. The monoisotopic (exact) mass is 366 g/mol. The van der Waals surface area contributed by atoms with E-state index >= 15 is 0 Å². The molecule has 1 aromatic carbocycles. The highest BCUT2D eigenvalue weighted by Gasteiger charge is 2.54. The van der Waals surface area contributed by atoms with Crippen LogP contribution in [0, 0.1) is 0 Å². The molecule has 6 nitrogen and oxygen atoms in total. The normalized spacial score (nSPS) is 26.4. The Morgan fingerprint density at radius 2 is 1.93 bits per heavy atom. The van der Waals surface area contributed by atoms with Crippen LogP contribution in [0.1, 0.15) is 30.6 Å². The van der Waals surface area contributed by atoms with E-state index in [1.165, 1.54) is 20.3 Å². The van der Waals surface area contributed by atoms with Crippen LogP contribution < -0.4 is 4.74 Å². The largest absolute Gasteiger partial charge is 0.497 e. The van der Waals surface area contributed by atoms with Gasteiger partial charge in [0, 0.05) is 17.6 Å². The van der Waals surface area contributed by atoms with Crippen molar-refractivity contribution >= 4 is 17.5 Å². The lowest BCUT2D eigenvalue weighted by Gasteiger charge is -2.33. The molecule has 0 fully saturated rings. The fraction of sp³-hybridized carbons (Fsp3) is 0.286. The molecule has 138 valence electrons. The Labute approximate surface area is 156 Å². The molecule has 0 amide bonds. The van der Waals surface area contributed by atoms with Gasteiger partial charge in [-0.3, -0.25) is 9.59 Å². The summed E-state index contributed by atoms with van der Waals surface area (Å²) < 4.78 is 15.9. The smallest absolute Gasteiger partial charge is 0.343 e. The van der Waals surface area contributed by atoms with Gasteiger partial charge in [0.05, 0.1) is 25.0 Å². The zero-order chi connectivity index (χ0) is 19.3. The average Bonchev–Trinajstić information content (AvgIpc) is 2.92. The molecule has 4 rings (SSSR count). The molecule has 2 heterocycles. The van der Waals surface area contributed by atoms with Crippen LogP contribution >= 0.6 is 0 Å². The summed E-state index contributed by atoms with van der Waals surface area (Å²) in [7, 11) is 1.53. The van der Waals surface area contributed by atoms with E-state index in [2.05, 4.69) is 0 Å². The van der Waals surface area contributed by atoms with E-state index in [4.69, 9.17) is 14.2 Å². The Hall–Kier alpha value is -3.15. The second-order valence-corrected chi connectivity index (χ2v) is 6.95. The summed E-state index contributed by atoms with van der Waals surface area (Å²) in [5.41, 5.74) is 0.191. The van der Waals surface area contributed by atoms with E-state index in [0.29, 0.717) is 28.9 Å². The summed E-state index contributed by atoms with van der Waals surface area (Å²) in [6.07, 6.45) is 3.58. The van der Waals surface area contributed by atoms with Crippen molar-refractivity contribution < 1.29 is 28.6 Å². The van der Waals surface area contributed by atoms with Crippen LogP contribution in [0.2, 0.25) is 0 Å². The van der Waals surface area contributed by atoms with Gasteiger partial charge in [-0.25, -0.2) is 4.79 Å². The van der Waals surface area contributed by atoms with Gasteiger partial charge in [-0.2, -0.15) is 0 Å². The molecule has 27 heavy (non-hydrogen) atoms. The summed E-state index contributed by atoms with van der Waals surface area (Å²) in [5.74, 6) is -1.03. The van der Waals surface area contributed by atoms with E-state index in [1.807, 2.05) is 6.92 Å². The molecule has 1 aromatic rings. The van der Waals surface area contributed by atoms with Crippen molar-refractivity contribution in [1.29, 1.82) is 0 Å². The molecule has 0 aromatic heterocycles. The fourth-order valence-electron chi connectivity index (χ4n) is 3.62. The minimum atomic E-state index is -1.51. The van der Waals surface area contributed by atoms with Crippen LogP contribution in [0.3, 0.4) is 0 Å². The lowest BCUT2D eigenvalue weighted by atomic mass is 9.75. The van der Waals surface area contributed by atoms with Gasteiger partial charge in [0.2, 0.25) is 11.6 Å². The highest BCUT2D eigenvalue weighted by atomic mass is 16.6. The molecule has 6 heteroatoms. The van der Waals surface area contributed by atoms with Crippen LogP contribution in [-0.2, 0) is 19.1 Å². The van der Waals surface area contributed by atoms with Gasteiger partial charge in [-0.15, -0.1) is 0 Å². The van der Waals surface area contributed by atoms with Crippen molar-refractivity contribution in [3.05, 3.63) is 64.5 Å². The number of ether oxygens (including phenoxy) is 3. The van der Waals surface area contributed by atoms with Gasteiger partial charge in [0.1, 0.15) is 11.3 Å². The summed E-state index contributed by atoms with van der Waals surface area (Å²) in [6, 6.07) is 6.45. The second-order valence-electron chi connectivity index (χ2n) is 6.95. The maximum Gasteiger partial charge on any atom is 0.343 e. The molecule has 0 N–H and O–H groups in total. The third kappa shape index (κ3) is 2.51. The molecule has 2 atom stereocenters. The van der Waals surface area contributed by atoms with Gasteiger partial charge in [-0.1, -0.05) is 0 Å². The van der Waals surface area contributed by atoms with Crippen molar-refractivity contribution in [3.63, 3.8) is 0 Å². The lowest BCUT2D eigenvalue weighted by molar-refractivity contribution is -0.152.